The van der Waals surface area contributed by atoms with Gasteiger partial charge in [-0.2, -0.15) is 0 Å². The summed E-state index contributed by atoms with van der Waals surface area (Å²) in [4.78, 5) is 6.72. The summed E-state index contributed by atoms with van der Waals surface area (Å²) in [5.74, 6) is 2.45. The van der Waals surface area contributed by atoms with Gasteiger partial charge in [0.2, 0.25) is 0 Å². The lowest BCUT2D eigenvalue weighted by molar-refractivity contribution is 0.277. The van der Waals surface area contributed by atoms with E-state index in [2.05, 4.69) is 23.7 Å². The van der Waals surface area contributed by atoms with E-state index in [9.17, 15) is 0 Å². The fraction of sp³-hybridized carbons (Fsp3) is 0.583. The van der Waals surface area contributed by atoms with E-state index < -0.39 is 0 Å². The smallest absolute Gasteiger partial charge is 0.128 e. The Morgan fingerprint density at radius 1 is 1.33 bits per heavy atom. The molecular weight excluding hydrogens is 188 g/mol. The molecule has 0 bridgehead atoms. The van der Waals surface area contributed by atoms with Gasteiger partial charge in [-0.3, -0.25) is 0 Å². The first-order chi connectivity index (χ1) is 7.20. The highest BCUT2D eigenvalue weighted by Crippen LogP contribution is 2.26. The van der Waals surface area contributed by atoms with Crippen molar-refractivity contribution in [2.45, 2.75) is 20.5 Å². The summed E-state index contributed by atoms with van der Waals surface area (Å²) in [6.45, 7) is 6.72. The van der Waals surface area contributed by atoms with Crippen molar-refractivity contribution < 1.29 is 5.11 Å². The molecule has 1 N–H and O–H groups in total. The Balaban J connectivity index is 2.16. The van der Waals surface area contributed by atoms with E-state index in [0.29, 0.717) is 0 Å². The molecule has 0 aromatic carbocycles. The summed E-state index contributed by atoms with van der Waals surface area (Å²) in [6, 6.07) is 5.83. The van der Waals surface area contributed by atoms with Crippen molar-refractivity contribution in [3.8, 4) is 0 Å². The number of hydrogen-bond donors (Lipinski definition) is 1. The van der Waals surface area contributed by atoms with Crippen LogP contribution in [-0.2, 0) is 6.61 Å². The molecule has 2 heterocycles. The molecule has 1 aliphatic heterocycles. The van der Waals surface area contributed by atoms with Crippen LogP contribution < -0.4 is 4.90 Å². The summed E-state index contributed by atoms with van der Waals surface area (Å²) in [6.07, 6.45) is 0. The minimum absolute atomic E-state index is 0.0206. The number of nitrogens with zero attached hydrogens (tertiary/aromatic N) is 2. The topological polar surface area (TPSA) is 36.4 Å². The van der Waals surface area contributed by atoms with Crippen LogP contribution in [-0.4, -0.2) is 23.2 Å². The van der Waals surface area contributed by atoms with Gasteiger partial charge in [0, 0.05) is 13.1 Å². The average Bonchev–Trinajstić information content (AvgIpc) is 2.59. The minimum atomic E-state index is 0.0206. The second-order valence-corrected chi connectivity index (χ2v) is 4.50. The van der Waals surface area contributed by atoms with Crippen LogP contribution in [0.1, 0.15) is 19.5 Å². The van der Waals surface area contributed by atoms with E-state index in [-0.39, 0.29) is 6.61 Å². The Morgan fingerprint density at radius 2 is 2.00 bits per heavy atom. The van der Waals surface area contributed by atoms with Crippen LogP contribution in [0, 0.1) is 11.8 Å². The maximum Gasteiger partial charge on any atom is 0.128 e. The Labute approximate surface area is 90.8 Å². The van der Waals surface area contributed by atoms with Crippen molar-refractivity contribution in [1.29, 1.82) is 0 Å². The van der Waals surface area contributed by atoms with E-state index in [1.807, 2.05) is 18.2 Å². The van der Waals surface area contributed by atoms with Gasteiger partial charge in [0.25, 0.3) is 0 Å². The fourth-order valence-corrected chi connectivity index (χ4v) is 2.05. The molecule has 2 atom stereocenters. The van der Waals surface area contributed by atoms with Gasteiger partial charge in [-0.25, -0.2) is 4.98 Å². The highest BCUT2D eigenvalue weighted by atomic mass is 16.3. The van der Waals surface area contributed by atoms with E-state index in [4.69, 9.17) is 5.11 Å². The molecule has 0 aliphatic carbocycles. The molecule has 0 saturated carbocycles. The average molecular weight is 206 g/mol. The van der Waals surface area contributed by atoms with Gasteiger partial charge < -0.3 is 10.0 Å². The Morgan fingerprint density at radius 3 is 2.60 bits per heavy atom. The third-order valence-electron chi connectivity index (χ3n) is 3.27. The summed E-state index contributed by atoms with van der Waals surface area (Å²) in [5, 5.41) is 9.03. The number of hydrogen-bond acceptors (Lipinski definition) is 3. The number of pyridine rings is 1. The van der Waals surface area contributed by atoms with Crippen LogP contribution in [0.3, 0.4) is 0 Å². The second-order valence-electron chi connectivity index (χ2n) is 4.50. The zero-order valence-corrected chi connectivity index (χ0v) is 9.35. The number of aliphatic hydroxyl groups is 1. The van der Waals surface area contributed by atoms with Gasteiger partial charge in [-0.1, -0.05) is 19.9 Å². The maximum atomic E-state index is 9.03. The van der Waals surface area contributed by atoms with Crippen molar-refractivity contribution in [2.75, 3.05) is 18.0 Å². The van der Waals surface area contributed by atoms with Gasteiger partial charge in [0.1, 0.15) is 5.82 Å². The zero-order chi connectivity index (χ0) is 10.8. The van der Waals surface area contributed by atoms with Crippen LogP contribution in [0.5, 0.6) is 0 Å². The van der Waals surface area contributed by atoms with Crippen LogP contribution in [0.4, 0.5) is 5.82 Å². The van der Waals surface area contributed by atoms with E-state index in [0.717, 1.165) is 36.4 Å². The molecule has 0 amide bonds. The van der Waals surface area contributed by atoms with Crippen molar-refractivity contribution in [3.63, 3.8) is 0 Å². The summed E-state index contributed by atoms with van der Waals surface area (Å²) < 4.78 is 0. The lowest BCUT2D eigenvalue weighted by Crippen LogP contribution is -2.21. The third-order valence-corrected chi connectivity index (χ3v) is 3.27. The van der Waals surface area contributed by atoms with Gasteiger partial charge >= 0.3 is 0 Å². The van der Waals surface area contributed by atoms with Crippen molar-refractivity contribution in [3.05, 3.63) is 23.9 Å². The Bertz CT molecular complexity index is 330. The Kier molecular flexibility index (Phi) is 2.91. The molecule has 2 rings (SSSR count). The molecule has 2 unspecified atom stereocenters. The summed E-state index contributed by atoms with van der Waals surface area (Å²) >= 11 is 0. The predicted octanol–water partition coefficient (Wildman–Crippen LogP) is 1.67. The largest absolute Gasteiger partial charge is 0.390 e. The van der Waals surface area contributed by atoms with Gasteiger partial charge in [0.15, 0.2) is 0 Å². The van der Waals surface area contributed by atoms with E-state index in [1.165, 1.54) is 0 Å². The predicted molar refractivity (Wildman–Crippen MR) is 60.7 cm³/mol. The molecule has 3 heteroatoms. The maximum absolute atomic E-state index is 9.03. The first kappa shape index (κ1) is 10.4. The number of aliphatic hydroxyl groups excluding tert-OH is 1. The monoisotopic (exact) mass is 206 g/mol. The molecule has 0 radical (unpaired) electrons. The van der Waals surface area contributed by atoms with Crippen LogP contribution >= 0.6 is 0 Å². The molecule has 1 aliphatic rings. The second kappa shape index (κ2) is 4.19. The van der Waals surface area contributed by atoms with Gasteiger partial charge in [-0.05, 0) is 24.0 Å². The molecule has 1 saturated heterocycles. The molecule has 1 aromatic rings. The highest BCUT2D eigenvalue weighted by Gasteiger charge is 2.26. The standard InChI is InChI=1S/C12H18N2O/c1-9-6-14(7-10(9)2)12-5-3-4-11(8-15)13-12/h3-5,9-10,15H,6-8H2,1-2H3. The lowest BCUT2D eigenvalue weighted by atomic mass is 10.0. The summed E-state index contributed by atoms with van der Waals surface area (Å²) in [7, 11) is 0. The quantitative estimate of drug-likeness (QED) is 0.799. The normalized spacial score (nSPS) is 25.9. The van der Waals surface area contributed by atoms with Crippen molar-refractivity contribution >= 4 is 5.82 Å². The minimum Gasteiger partial charge on any atom is -0.390 e. The molecule has 82 valence electrons. The molecule has 15 heavy (non-hydrogen) atoms. The van der Waals surface area contributed by atoms with E-state index in [1.54, 1.807) is 0 Å². The first-order valence-corrected chi connectivity index (χ1v) is 5.52. The molecular formula is C12H18N2O. The molecule has 1 fully saturated rings. The Hall–Kier alpha value is -1.09. The molecule has 1 aromatic heterocycles. The van der Waals surface area contributed by atoms with Crippen LogP contribution in [0.25, 0.3) is 0 Å². The summed E-state index contributed by atoms with van der Waals surface area (Å²) in [5.41, 5.74) is 0.750. The number of aromatic nitrogens is 1. The van der Waals surface area contributed by atoms with Crippen molar-refractivity contribution in [1.82, 2.24) is 4.98 Å². The molecule has 3 nitrogen and oxygen atoms in total. The van der Waals surface area contributed by atoms with Crippen molar-refractivity contribution in [2.24, 2.45) is 11.8 Å². The number of anilines is 1. The van der Waals surface area contributed by atoms with E-state index >= 15 is 0 Å². The highest BCUT2D eigenvalue weighted by molar-refractivity contribution is 5.40. The van der Waals surface area contributed by atoms with Crippen LogP contribution in [0.2, 0.25) is 0 Å². The fourth-order valence-electron chi connectivity index (χ4n) is 2.05. The van der Waals surface area contributed by atoms with Crippen LogP contribution in [0.15, 0.2) is 18.2 Å². The lowest BCUT2D eigenvalue weighted by Gasteiger charge is -2.17. The van der Waals surface area contributed by atoms with Gasteiger partial charge in [-0.15, -0.1) is 0 Å². The third kappa shape index (κ3) is 2.12. The van der Waals surface area contributed by atoms with Gasteiger partial charge in [0.05, 0.1) is 12.3 Å². The SMILES string of the molecule is CC1CN(c2cccc(CO)n2)CC1C. The molecule has 0 spiro atoms. The first-order valence-electron chi connectivity index (χ1n) is 5.52. The number of rotatable bonds is 2. The zero-order valence-electron chi connectivity index (χ0n) is 9.35.